The number of halogens is 1. The Hall–Kier alpha value is -2.53. The molecule has 0 N–H and O–H groups in total. The van der Waals surface area contributed by atoms with Crippen molar-refractivity contribution in [2.75, 3.05) is 19.6 Å². The molecule has 0 atom stereocenters. The smallest absolute Gasteiger partial charge is 0.247 e. The standard InChI is InChI=1S/C25H30FN3O/c1-6-29-9-7-19(8-10-29)15(2)12-21-16(3)11-20(14-22(21)26)23-13-17(4)24-25(28-23)30-18(5)27-24/h11-14,19H,6-10H2,1-5H3/b15-12+. The van der Waals surface area contributed by atoms with Gasteiger partial charge in [-0.2, -0.15) is 0 Å². The molecular formula is C25H30FN3O. The summed E-state index contributed by atoms with van der Waals surface area (Å²) in [5, 5.41) is 0. The first kappa shape index (κ1) is 20.7. The first-order valence-corrected chi connectivity index (χ1v) is 10.8. The summed E-state index contributed by atoms with van der Waals surface area (Å²) in [6.45, 7) is 13.5. The summed E-state index contributed by atoms with van der Waals surface area (Å²) < 4.78 is 20.7. The van der Waals surface area contributed by atoms with Crippen LogP contribution in [0.25, 0.3) is 28.6 Å². The number of likely N-dealkylation sites (tertiary alicyclic amines) is 1. The lowest BCUT2D eigenvalue weighted by Gasteiger charge is -2.31. The Morgan fingerprint density at radius 3 is 2.53 bits per heavy atom. The molecule has 2 aromatic heterocycles. The van der Waals surface area contributed by atoms with Crippen LogP contribution in [0.1, 0.15) is 49.3 Å². The second-order valence-corrected chi connectivity index (χ2v) is 8.50. The van der Waals surface area contributed by atoms with E-state index in [0.717, 1.165) is 54.7 Å². The molecular weight excluding hydrogens is 377 g/mol. The number of rotatable bonds is 4. The van der Waals surface area contributed by atoms with E-state index in [-0.39, 0.29) is 5.82 Å². The lowest BCUT2D eigenvalue weighted by molar-refractivity contribution is 0.208. The van der Waals surface area contributed by atoms with Gasteiger partial charge in [-0.1, -0.05) is 18.6 Å². The van der Waals surface area contributed by atoms with Crippen molar-refractivity contribution in [1.29, 1.82) is 0 Å². The second kappa shape index (κ2) is 8.31. The molecule has 1 fully saturated rings. The fourth-order valence-corrected chi connectivity index (χ4v) is 4.45. The van der Waals surface area contributed by atoms with Crippen molar-refractivity contribution >= 4 is 17.3 Å². The van der Waals surface area contributed by atoms with E-state index in [9.17, 15) is 0 Å². The maximum Gasteiger partial charge on any atom is 0.247 e. The Labute approximate surface area is 177 Å². The number of nitrogens with zero attached hydrogens (tertiary/aromatic N) is 3. The summed E-state index contributed by atoms with van der Waals surface area (Å²) >= 11 is 0. The van der Waals surface area contributed by atoms with E-state index in [1.165, 1.54) is 5.57 Å². The van der Waals surface area contributed by atoms with Crippen LogP contribution in [0.5, 0.6) is 0 Å². The summed E-state index contributed by atoms with van der Waals surface area (Å²) in [6.07, 6.45) is 4.34. The van der Waals surface area contributed by atoms with E-state index in [4.69, 9.17) is 4.42 Å². The zero-order valence-electron chi connectivity index (χ0n) is 18.6. The normalized spacial score (nSPS) is 16.5. The lowest BCUT2D eigenvalue weighted by atomic mass is 9.88. The van der Waals surface area contributed by atoms with Crippen molar-refractivity contribution in [2.45, 2.75) is 47.5 Å². The maximum absolute atomic E-state index is 15.1. The first-order valence-electron chi connectivity index (χ1n) is 10.8. The van der Waals surface area contributed by atoms with Gasteiger partial charge >= 0.3 is 0 Å². The highest BCUT2D eigenvalue weighted by Crippen LogP contribution is 2.31. The average molecular weight is 408 g/mol. The minimum absolute atomic E-state index is 0.205. The molecule has 4 rings (SSSR count). The first-order chi connectivity index (χ1) is 14.4. The fourth-order valence-electron chi connectivity index (χ4n) is 4.45. The summed E-state index contributed by atoms with van der Waals surface area (Å²) in [5.74, 6) is 0.914. The summed E-state index contributed by atoms with van der Waals surface area (Å²) in [6, 6.07) is 5.54. The van der Waals surface area contributed by atoms with Crippen LogP contribution in [-0.2, 0) is 0 Å². The molecule has 5 heteroatoms. The number of aryl methyl sites for hydroxylation is 3. The molecule has 158 valence electrons. The molecule has 1 aliphatic rings. The minimum Gasteiger partial charge on any atom is -0.423 e. The lowest BCUT2D eigenvalue weighted by Crippen LogP contribution is -2.33. The molecule has 0 radical (unpaired) electrons. The van der Waals surface area contributed by atoms with E-state index >= 15 is 4.39 Å². The van der Waals surface area contributed by atoms with Gasteiger partial charge in [0, 0.05) is 18.1 Å². The molecule has 1 saturated heterocycles. The van der Waals surface area contributed by atoms with Gasteiger partial charge in [0.05, 0.1) is 5.69 Å². The molecule has 3 aromatic rings. The van der Waals surface area contributed by atoms with E-state index in [1.54, 1.807) is 13.0 Å². The minimum atomic E-state index is -0.205. The number of hydrogen-bond acceptors (Lipinski definition) is 4. The quantitative estimate of drug-likeness (QED) is 0.525. The molecule has 0 bridgehead atoms. The van der Waals surface area contributed by atoms with Crippen LogP contribution < -0.4 is 0 Å². The van der Waals surface area contributed by atoms with Crippen LogP contribution in [0, 0.1) is 32.5 Å². The summed E-state index contributed by atoms with van der Waals surface area (Å²) in [5.41, 5.74) is 6.58. The highest BCUT2D eigenvalue weighted by molar-refractivity contribution is 5.78. The predicted octanol–water partition coefficient (Wildman–Crippen LogP) is 6.09. The number of pyridine rings is 1. The van der Waals surface area contributed by atoms with Gasteiger partial charge in [-0.3, -0.25) is 0 Å². The van der Waals surface area contributed by atoms with Gasteiger partial charge in [-0.25, -0.2) is 14.4 Å². The third kappa shape index (κ3) is 4.04. The second-order valence-electron chi connectivity index (χ2n) is 8.50. The fraction of sp³-hybridized carbons (Fsp3) is 0.440. The number of hydrogen-bond donors (Lipinski definition) is 0. The van der Waals surface area contributed by atoms with Gasteiger partial charge < -0.3 is 9.32 Å². The van der Waals surface area contributed by atoms with Crippen LogP contribution in [0.15, 0.2) is 28.2 Å². The number of piperidine rings is 1. The number of benzene rings is 1. The Morgan fingerprint density at radius 2 is 1.87 bits per heavy atom. The Bertz CT molecular complexity index is 1080. The van der Waals surface area contributed by atoms with Crippen molar-refractivity contribution in [3.8, 4) is 11.3 Å². The third-order valence-corrected chi connectivity index (χ3v) is 6.35. The van der Waals surface area contributed by atoms with Gasteiger partial charge in [0.1, 0.15) is 11.3 Å². The molecule has 4 nitrogen and oxygen atoms in total. The van der Waals surface area contributed by atoms with Crippen molar-refractivity contribution < 1.29 is 8.81 Å². The number of fused-ring (bicyclic) bond motifs is 1. The molecule has 0 amide bonds. The van der Waals surface area contributed by atoms with Crippen molar-refractivity contribution in [3.05, 3.63) is 52.2 Å². The Kier molecular flexibility index (Phi) is 5.74. The van der Waals surface area contributed by atoms with E-state index < -0.39 is 0 Å². The molecule has 30 heavy (non-hydrogen) atoms. The largest absolute Gasteiger partial charge is 0.423 e. The van der Waals surface area contributed by atoms with Crippen molar-refractivity contribution in [3.63, 3.8) is 0 Å². The zero-order chi connectivity index (χ0) is 21.4. The summed E-state index contributed by atoms with van der Waals surface area (Å²) in [7, 11) is 0. The van der Waals surface area contributed by atoms with E-state index in [2.05, 4.69) is 28.7 Å². The average Bonchev–Trinajstić information content (AvgIpc) is 3.11. The van der Waals surface area contributed by atoms with Crippen LogP contribution in [0.3, 0.4) is 0 Å². The molecule has 1 aromatic carbocycles. The van der Waals surface area contributed by atoms with Gasteiger partial charge in [-0.15, -0.1) is 0 Å². The van der Waals surface area contributed by atoms with Gasteiger partial charge in [0.2, 0.25) is 5.71 Å². The Balaban J connectivity index is 1.64. The van der Waals surface area contributed by atoms with Crippen LogP contribution in [0.2, 0.25) is 0 Å². The Morgan fingerprint density at radius 1 is 1.13 bits per heavy atom. The molecule has 0 unspecified atom stereocenters. The monoisotopic (exact) mass is 407 g/mol. The van der Waals surface area contributed by atoms with Crippen molar-refractivity contribution in [2.24, 2.45) is 5.92 Å². The maximum atomic E-state index is 15.1. The van der Waals surface area contributed by atoms with Crippen LogP contribution in [-0.4, -0.2) is 34.5 Å². The highest BCUT2D eigenvalue weighted by atomic mass is 19.1. The molecule has 0 spiro atoms. The van der Waals surface area contributed by atoms with Crippen LogP contribution >= 0.6 is 0 Å². The van der Waals surface area contributed by atoms with Crippen molar-refractivity contribution in [1.82, 2.24) is 14.9 Å². The number of aromatic nitrogens is 2. The SMILES string of the molecule is CCN1CCC(/C(C)=C/c2c(C)cc(-c3cc(C)c4nc(C)oc4n3)cc2F)CC1. The van der Waals surface area contributed by atoms with Gasteiger partial charge in [0.25, 0.3) is 0 Å². The van der Waals surface area contributed by atoms with Gasteiger partial charge in [-0.05, 0) is 88.5 Å². The number of oxazole rings is 1. The topological polar surface area (TPSA) is 42.2 Å². The molecule has 0 saturated carbocycles. The predicted molar refractivity (Wildman–Crippen MR) is 120 cm³/mol. The van der Waals surface area contributed by atoms with Gasteiger partial charge in [0.15, 0.2) is 5.89 Å². The van der Waals surface area contributed by atoms with E-state index in [1.807, 2.05) is 32.1 Å². The molecule has 1 aliphatic heterocycles. The summed E-state index contributed by atoms with van der Waals surface area (Å²) in [4.78, 5) is 11.4. The van der Waals surface area contributed by atoms with Crippen LogP contribution in [0.4, 0.5) is 4.39 Å². The highest BCUT2D eigenvalue weighted by Gasteiger charge is 2.20. The molecule has 0 aliphatic carbocycles. The zero-order valence-corrected chi connectivity index (χ0v) is 18.6. The van der Waals surface area contributed by atoms with E-state index in [0.29, 0.717) is 28.8 Å². The number of allylic oxidation sites excluding steroid dienone is 1. The third-order valence-electron chi connectivity index (χ3n) is 6.35. The molecule has 3 heterocycles.